The van der Waals surface area contributed by atoms with E-state index >= 15 is 0 Å². The van der Waals surface area contributed by atoms with E-state index in [1.54, 1.807) is 12.3 Å². The van der Waals surface area contributed by atoms with Gasteiger partial charge in [-0.05, 0) is 63.5 Å². The fraction of sp³-hybridized carbons (Fsp3) is 0.0909. The highest BCUT2D eigenvalue weighted by Gasteiger charge is 2.12. The highest BCUT2D eigenvalue weighted by Crippen LogP contribution is 2.33. The summed E-state index contributed by atoms with van der Waals surface area (Å²) in [5.41, 5.74) is 3.96. The van der Waals surface area contributed by atoms with Gasteiger partial charge >= 0.3 is 5.97 Å². The molecule has 3 aromatic carbocycles. The first-order valence-corrected chi connectivity index (χ1v) is 9.56. The standard InChI is InChI=1S/C22H18INO4/c1-27-20-12-15(11-19(23)22(20)28-14-21(25)26)13-24-18-9-7-17(8-10-18)16-5-3-2-4-6-16/h2-13H,14H2,1H3,(H,25,26). The van der Waals surface area contributed by atoms with Gasteiger partial charge < -0.3 is 14.6 Å². The van der Waals surface area contributed by atoms with Gasteiger partial charge in [0, 0.05) is 6.21 Å². The molecule has 5 nitrogen and oxygen atoms in total. The van der Waals surface area contributed by atoms with Crippen LogP contribution in [0, 0.1) is 3.57 Å². The third-order valence-corrected chi connectivity index (χ3v) is 4.73. The lowest BCUT2D eigenvalue weighted by atomic mass is 10.1. The van der Waals surface area contributed by atoms with Crippen LogP contribution in [-0.2, 0) is 4.79 Å². The zero-order valence-electron chi connectivity index (χ0n) is 15.1. The van der Waals surface area contributed by atoms with Crippen molar-refractivity contribution in [3.05, 3.63) is 75.9 Å². The summed E-state index contributed by atoms with van der Waals surface area (Å²) >= 11 is 2.09. The topological polar surface area (TPSA) is 68.1 Å². The van der Waals surface area contributed by atoms with Gasteiger partial charge in [0.1, 0.15) is 0 Å². The average molecular weight is 487 g/mol. The van der Waals surface area contributed by atoms with E-state index in [0.29, 0.717) is 11.5 Å². The van der Waals surface area contributed by atoms with Crippen molar-refractivity contribution in [2.75, 3.05) is 13.7 Å². The normalized spacial score (nSPS) is 10.8. The van der Waals surface area contributed by atoms with Gasteiger partial charge in [-0.25, -0.2) is 4.79 Å². The predicted molar refractivity (Wildman–Crippen MR) is 118 cm³/mol. The molecule has 0 bridgehead atoms. The molecule has 28 heavy (non-hydrogen) atoms. The highest BCUT2D eigenvalue weighted by atomic mass is 127. The van der Waals surface area contributed by atoms with Gasteiger partial charge in [0.15, 0.2) is 18.1 Å². The number of benzene rings is 3. The fourth-order valence-electron chi connectivity index (χ4n) is 2.61. The summed E-state index contributed by atoms with van der Waals surface area (Å²) in [7, 11) is 1.52. The average Bonchev–Trinajstić information content (AvgIpc) is 2.72. The SMILES string of the molecule is COc1cc(C=Nc2ccc(-c3ccccc3)cc2)cc(I)c1OCC(=O)O. The minimum Gasteiger partial charge on any atom is -0.493 e. The van der Waals surface area contributed by atoms with E-state index in [1.807, 2.05) is 48.5 Å². The Morgan fingerprint density at radius 1 is 1.07 bits per heavy atom. The number of hydrogen-bond acceptors (Lipinski definition) is 4. The second-order valence-corrected chi connectivity index (χ2v) is 7.05. The summed E-state index contributed by atoms with van der Waals surface area (Å²) in [4.78, 5) is 15.2. The molecular formula is C22H18INO4. The smallest absolute Gasteiger partial charge is 0.341 e. The molecule has 3 rings (SSSR count). The van der Waals surface area contributed by atoms with Gasteiger partial charge in [-0.1, -0.05) is 42.5 Å². The summed E-state index contributed by atoms with van der Waals surface area (Å²) in [6.45, 7) is -0.423. The van der Waals surface area contributed by atoms with Crippen LogP contribution in [0.3, 0.4) is 0 Å². The molecule has 0 aliphatic heterocycles. The second kappa shape index (κ2) is 9.36. The maximum absolute atomic E-state index is 10.7. The number of carboxylic acids is 1. The van der Waals surface area contributed by atoms with E-state index in [4.69, 9.17) is 14.6 Å². The number of nitrogens with zero attached hydrogens (tertiary/aromatic N) is 1. The van der Waals surface area contributed by atoms with E-state index in [-0.39, 0.29) is 0 Å². The zero-order valence-corrected chi connectivity index (χ0v) is 17.3. The van der Waals surface area contributed by atoms with E-state index in [2.05, 4.69) is 39.7 Å². The van der Waals surface area contributed by atoms with Crippen molar-refractivity contribution < 1.29 is 19.4 Å². The molecule has 0 aliphatic carbocycles. The molecule has 0 aromatic heterocycles. The number of aliphatic carboxylic acids is 1. The minimum absolute atomic E-state index is 0.412. The molecule has 6 heteroatoms. The molecule has 0 heterocycles. The second-order valence-electron chi connectivity index (χ2n) is 5.89. The molecule has 3 aromatic rings. The van der Waals surface area contributed by atoms with Gasteiger partial charge in [0.05, 0.1) is 16.4 Å². The number of hydrogen-bond donors (Lipinski definition) is 1. The van der Waals surface area contributed by atoms with Crippen LogP contribution in [0.1, 0.15) is 5.56 Å². The third kappa shape index (κ3) is 5.10. The molecule has 142 valence electrons. The number of carbonyl (C=O) groups is 1. The molecule has 1 N–H and O–H groups in total. The highest BCUT2D eigenvalue weighted by molar-refractivity contribution is 14.1. The van der Waals surface area contributed by atoms with Gasteiger partial charge in [0.25, 0.3) is 0 Å². The first-order valence-electron chi connectivity index (χ1n) is 8.48. The molecular weight excluding hydrogens is 469 g/mol. The van der Waals surface area contributed by atoms with Gasteiger partial charge in [0.2, 0.25) is 0 Å². The van der Waals surface area contributed by atoms with E-state index in [0.717, 1.165) is 25.9 Å². The Morgan fingerprint density at radius 3 is 2.39 bits per heavy atom. The van der Waals surface area contributed by atoms with Crippen molar-refractivity contribution in [1.29, 1.82) is 0 Å². The van der Waals surface area contributed by atoms with Gasteiger partial charge in [-0.15, -0.1) is 0 Å². The number of carboxylic acid groups (broad SMARTS) is 1. The fourth-order valence-corrected chi connectivity index (χ4v) is 3.39. The summed E-state index contributed by atoms with van der Waals surface area (Å²) < 4.78 is 11.4. The lowest BCUT2D eigenvalue weighted by Gasteiger charge is -2.12. The Morgan fingerprint density at radius 2 is 1.75 bits per heavy atom. The molecule has 0 fully saturated rings. The van der Waals surface area contributed by atoms with Crippen molar-refractivity contribution in [1.82, 2.24) is 0 Å². The molecule has 0 radical (unpaired) electrons. The number of rotatable bonds is 7. The Bertz CT molecular complexity index is 985. The monoisotopic (exact) mass is 487 g/mol. The molecule has 0 amide bonds. The van der Waals surface area contributed by atoms with Crippen LogP contribution in [0.4, 0.5) is 5.69 Å². The van der Waals surface area contributed by atoms with E-state index < -0.39 is 12.6 Å². The first-order chi connectivity index (χ1) is 13.6. The molecule has 0 unspecified atom stereocenters. The van der Waals surface area contributed by atoms with Crippen molar-refractivity contribution in [3.63, 3.8) is 0 Å². The van der Waals surface area contributed by atoms with Crippen LogP contribution >= 0.6 is 22.6 Å². The summed E-state index contributed by atoms with van der Waals surface area (Å²) in [5, 5.41) is 8.80. The third-order valence-electron chi connectivity index (χ3n) is 3.93. The quantitative estimate of drug-likeness (QED) is 0.369. The summed E-state index contributed by atoms with van der Waals surface area (Å²) in [6, 6.07) is 21.8. The first kappa shape index (κ1) is 19.9. The number of methoxy groups -OCH3 is 1. The molecule has 0 aliphatic rings. The van der Waals surface area contributed by atoms with E-state index in [1.165, 1.54) is 7.11 Å². The van der Waals surface area contributed by atoms with Crippen LogP contribution in [0.15, 0.2) is 71.7 Å². The minimum atomic E-state index is -1.04. The van der Waals surface area contributed by atoms with Crippen molar-refractivity contribution >= 4 is 40.5 Å². The lowest BCUT2D eigenvalue weighted by molar-refractivity contribution is -0.139. The Balaban J connectivity index is 1.78. The van der Waals surface area contributed by atoms with E-state index in [9.17, 15) is 4.79 Å². The molecule has 0 saturated carbocycles. The largest absolute Gasteiger partial charge is 0.493 e. The van der Waals surface area contributed by atoms with Crippen LogP contribution in [-0.4, -0.2) is 31.0 Å². The number of aliphatic imine (C=N–C) groups is 1. The van der Waals surface area contributed by atoms with Crippen molar-refractivity contribution in [3.8, 4) is 22.6 Å². The molecule has 0 spiro atoms. The van der Waals surface area contributed by atoms with Gasteiger partial charge in [-0.2, -0.15) is 0 Å². The predicted octanol–water partition coefficient (Wildman–Crippen LogP) is 5.18. The van der Waals surface area contributed by atoms with Crippen LogP contribution in [0.25, 0.3) is 11.1 Å². The zero-order chi connectivity index (χ0) is 19.9. The summed E-state index contributed by atoms with van der Waals surface area (Å²) in [6.07, 6.45) is 1.74. The number of halogens is 1. The summed E-state index contributed by atoms with van der Waals surface area (Å²) in [5.74, 6) is -0.161. The molecule has 0 atom stereocenters. The Hall–Kier alpha value is -2.87. The van der Waals surface area contributed by atoms with Crippen LogP contribution < -0.4 is 9.47 Å². The Labute approximate surface area is 176 Å². The maximum Gasteiger partial charge on any atom is 0.341 e. The number of ether oxygens (including phenoxy) is 2. The molecule has 0 saturated heterocycles. The Kier molecular flexibility index (Phi) is 6.65. The van der Waals surface area contributed by atoms with Crippen molar-refractivity contribution in [2.24, 2.45) is 4.99 Å². The van der Waals surface area contributed by atoms with Crippen LogP contribution in [0.5, 0.6) is 11.5 Å². The van der Waals surface area contributed by atoms with Crippen molar-refractivity contribution in [2.45, 2.75) is 0 Å². The van der Waals surface area contributed by atoms with Crippen LogP contribution in [0.2, 0.25) is 0 Å². The van der Waals surface area contributed by atoms with Gasteiger partial charge in [-0.3, -0.25) is 4.99 Å². The maximum atomic E-state index is 10.7. The lowest BCUT2D eigenvalue weighted by Crippen LogP contribution is -2.11.